The first-order valence-corrected chi connectivity index (χ1v) is 11.7. The largest absolute Gasteiger partial charge is 0.325 e. The lowest BCUT2D eigenvalue weighted by atomic mass is 10.1. The van der Waals surface area contributed by atoms with Gasteiger partial charge in [0.25, 0.3) is 10.0 Å². The standard InChI is InChI=1S/C21H23ClN4O4S/c1-14(27)24-17-11-10-15(22)13-18(17)25-20(28)9-3-2-6-12-23-21-16-7-4-5-8-19(16)31(29,30)26-21/h4-5,7-8,10-11,13H,2-3,6,9,12H2,1H3,(H,23,26)(H,24,27)(H,25,28). The van der Waals surface area contributed by atoms with Gasteiger partial charge >= 0.3 is 0 Å². The second-order valence-corrected chi connectivity index (χ2v) is 9.15. The van der Waals surface area contributed by atoms with E-state index >= 15 is 0 Å². The number of amides is 2. The summed E-state index contributed by atoms with van der Waals surface area (Å²) in [5.74, 6) is -0.0657. The van der Waals surface area contributed by atoms with Crippen LogP contribution >= 0.6 is 11.6 Å². The van der Waals surface area contributed by atoms with Crippen molar-refractivity contribution in [1.82, 2.24) is 4.72 Å². The summed E-state index contributed by atoms with van der Waals surface area (Å²) >= 11 is 5.98. The maximum Gasteiger partial charge on any atom is 0.263 e. The van der Waals surface area contributed by atoms with E-state index in [0.717, 1.165) is 12.8 Å². The predicted octanol–water partition coefficient (Wildman–Crippen LogP) is 3.54. The molecule has 0 atom stereocenters. The quantitative estimate of drug-likeness (QED) is 0.520. The van der Waals surface area contributed by atoms with Crippen molar-refractivity contribution < 1.29 is 18.0 Å². The molecule has 2 aromatic rings. The minimum absolute atomic E-state index is 0.183. The molecule has 0 aliphatic carbocycles. The Bertz CT molecular complexity index is 1130. The van der Waals surface area contributed by atoms with Crippen LogP contribution in [-0.2, 0) is 19.6 Å². The van der Waals surface area contributed by atoms with Gasteiger partial charge in [-0.25, -0.2) is 8.42 Å². The molecule has 2 aromatic carbocycles. The van der Waals surface area contributed by atoms with Gasteiger partial charge in [-0.15, -0.1) is 0 Å². The molecule has 3 rings (SSSR count). The monoisotopic (exact) mass is 462 g/mol. The molecule has 3 N–H and O–H groups in total. The van der Waals surface area contributed by atoms with Crippen LogP contribution in [-0.4, -0.2) is 32.6 Å². The zero-order chi connectivity index (χ0) is 22.4. The van der Waals surface area contributed by atoms with Crippen LogP contribution in [0.15, 0.2) is 52.4 Å². The first kappa shape index (κ1) is 22.8. The fourth-order valence-corrected chi connectivity index (χ4v) is 4.57. The Hall–Kier alpha value is -2.91. The summed E-state index contributed by atoms with van der Waals surface area (Å²) in [5, 5.41) is 5.88. The van der Waals surface area contributed by atoms with E-state index in [2.05, 4.69) is 20.3 Å². The van der Waals surface area contributed by atoms with E-state index in [0.29, 0.717) is 47.2 Å². The summed E-state index contributed by atoms with van der Waals surface area (Å²) in [7, 11) is -3.53. The topological polar surface area (TPSA) is 117 Å². The lowest BCUT2D eigenvalue weighted by Crippen LogP contribution is -2.22. The molecule has 0 bridgehead atoms. The molecule has 0 saturated carbocycles. The number of amidine groups is 1. The number of rotatable bonds is 8. The van der Waals surface area contributed by atoms with Crippen molar-refractivity contribution in [2.75, 3.05) is 17.2 Å². The molecular formula is C21H23ClN4O4S. The molecule has 0 radical (unpaired) electrons. The number of aliphatic imine (C=N–C) groups is 1. The Morgan fingerprint density at radius 2 is 1.81 bits per heavy atom. The normalized spacial score (nSPS) is 15.2. The fourth-order valence-electron chi connectivity index (χ4n) is 3.15. The second kappa shape index (κ2) is 9.93. The number of halogens is 1. The molecule has 8 nitrogen and oxygen atoms in total. The zero-order valence-electron chi connectivity index (χ0n) is 16.9. The highest BCUT2D eigenvalue weighted by Crippen LogP contribution is 2.26. The van der Waals surface area contributed by atoms with E-state index in [1.807, 2.05) is 0 Å². The number of hydrogen-bond acceptors (Lipinski definition) is 5. The van der Waals surface area contributed by atoms with Crippen LogP contribution in [0, 0.1) is 0 Å². The third-order valence-corrected chi connectivity index (χ3v) is 6.19. The van der Waals surface area contributed by atoms with Crippen LogP contribution in [0.4, 0.5) is 11.4 Å². The third kappa shape index (κ3) is 6.05. The van der Waals surface area contributed by atoms with Gasteiger partial charge in [0.05, 0.1) is 16.3 Å². The van der Waals surface area contributed by atoms with E-state index in [1.165, 1.54) is 6.92 Å². The summed E-state index contributed by atoms with van der Waals surface area (Å²) in [5.41, 5.74) is 1.52. The van der Waals surface area contributed by atoms with Gasteiger partial charge in [-0.3, -0.25) is 19.3 Å². The zero-order valence-corrected chi connectivity index (χ0v) is 18.5. The van der Waals surface area contributed by atoms with Crippen LogP contribution in [0.5, 0.6) is 0 Å². The number of nitrogens with one attached hydrogen (secondary N) is 3. The van der Waals surface area contributed by atoms with Crippen LogP contribution in [0.25, 0.3) is 0 Å². The molecule has 1 aliphatic heterocycles. The molecule has 31 heavy (non-hydrogen) atoms. The number of carbonyl (C=O) groups excluding carboxylic acids is 2. The van der Waals surface area contributed by atoms with Gasteiger partial charge in [0.15, 0.2) is 0 Å². The number of benzene rings is 2. The summed E-state index contributed by atoms with van der Waals surface area (Å²) in [6.45, 7) is 1.84. The van der Waals surface area contributed by atoms with Crippen molar-refractivity contribution in [3.05, 3.63) is 53.1 Å². The maximum atomic E-state index is 12.2. The van der Waals surface area contributed by atoms with Crippen LogP contribution < -0.4 is 15.4 Å². The number of nitrogens with zero attached hydrogens (tertiary/aromatic N) is 1. The van der Waals surface area contributed by atoms with Crippen molar-refractivity contribution in [3.63, 3.8) is 0 Å². The minimum Gasteiger partial charge on any atom is -0.325 e. The molecule has 10 heteroatoms. The summed E-state index contributed by atoms with van der Waals surface area (Å²) < 4.78 is 26.6. The van der Waals surface area contributed by atoms with Crippen molar-refractivity contribution in [1.29, 1.82) is 0 Å². The Labute approximate surface area is 186 Å². The third-order valence-electron chi connectivity index (χ3n) is 4.56. The molecular weight excluding hydrogens is 440 g/mol. The average Bonchev–Trinajstić information content (AvgIpc) is 2.97. The lowest BCUT2D eigenvalue weighted by molar-refractivity contribution is -0.116. The average molecular weight is 463 g/mol. The first-order chi connectivity index (χ1) is 14.8. The van der Waals surface area contributed by atoms with E-state index in [1.54, 1.807) is 42.5 Å². The number of anilines is 2. The van der Waals surface area contributed by atoms with Crippen molar-refractivity contribution in [2.45, 2.75) is 37.5 Å². The fraction of sp³-hybridized carbons (Fsp3) is 0.286. The number of sulfonamides is 1. The Kier molecular flexibility index (Phi) is 7.29. The number of carbonyl (C=O) groups is 2. The summed E-state index contributed by atoms with van der Waals surface area (Å²) in [4.78, 5) is 28.1. The van der Waals surface area contributed by atoms with Gasteiger partial charge in [-0.05, 0) is 43.2 Å². The van der Waals surface area contributed by atoms with E-state index in [-0.39, 0.29) is 16.7 Å². The van der Waals surface area contributed by atoms with E-state index in [9.17, 15) is 18.0 Å². The molecule has 0 saturated heterocycles. The highest BCUT2D eigenvalue weighted by atomic mass is 35.5. The molecule has 0 fully saturated rings. The lowest BCUT2D eigenvalue weighted by Gasteiger charge is -2.12. The Morgan fingerprint density at radius 1 is 1.03 bits per heavy atom. The van der Waals surface area contributed by atoms with Crippen LogP contribution in [0.3, 0.4) is 0 Å². The smallest absolute Gasteiger partial charge is 0.263 e. The molecule has 0 unspecified atom stereocenters. The van der Waals surface area contributed by atoms with Gasteiger partial charge in [-0.1, -0.05) is 30.2 Å². The van der Waals surface area contributed by atoms with Gasteiger partial charge < -0.3 is 10.6 Å². The second-order valence-electron chi connectivity index (χ2n) is 7.06. The maximum absolute atomic E-state index is 12.2. The Morgan fingerprint density at radius 3 is 2.58 bits per heavy atom. The van der Waals surface area contributed by atoms with Crippen molar-refractivity contribution in [2.24, 2.45) is 4.99 Å². The molecule has 2 amide bonds. The van der Waals surface area contributed by atoms with Crippen molar-refractivity contribution >= 4 is 50.6 Å². The van der Waals surface area contributed by atoms with Gasteiger partial charge in [-0.2, -0.15) is 0 Å². The highest BCUT2D eigenvalue weighted by Gasteiger charge is 2.29. The molecule has 0 spiro atoms. The van der Waals surface area contributed by atoms with Gasteiger partial charge in [0.2, 0.25) is 11.8 Å². The van der Waals surface area contributed by atoms with Gasteiger partial charge in [0, 0.05) is 30.5 Å². The summed E-state index contributed by atoms with van der Waals surface area (Å²) in [6.07, 6.45) is 2.43. The summed E-state index contributed by atoms with van der Waals surface area (Å²) in [6, 6.07) is 11.6. The van der Waals surface area contributed by atoms with E-state index < -0.39 is 10.0 Å². The number of hydrogen-bond donors (Lipinski definition) is 3. The molecule has 0 aromatic heterocycles. The highest BCUT2D eigenvalue weighted by molar-refractivity contribution is 7.90. The van der Waals surface area contributed by atoms with Crippen molar-refractivity contribution in [3.8, 4) is 0 Å². The van der Waals surface area contributed by atoms with E-state index in [4.69, 9.17) is 11.6 Å². The predicted molar refractivity (Wildman–Crippen MR) is 121 cm³/mol. The number of fused-ring (bicyclic) bond motifs is 1. The molecule has 164 valence electrons. The van der Waals surface area contributed by atoms with Crippen LogP contribution in [0.1, 0.15) is 38.2 Å². The molecule has 1 heterocycles. The molecule has 1 aliphatic rings. The van der Waals surface area contributed by atoms with Crippen LogP contribution in [0.2, 0.25) is 5.02 Å². The SMILES string of the molecule is CC(=O)Nc1ccc(Cl)cc1NC(=O)CCCCCN=C1NS(=O)(=O)c2ccccc21. The number of unbranched alkanes of at least 4 members (excludes halogenated alkanes) is 2. The minimum atomic E-state index is -3.53. The Balaban J connectivity index is 1.45. The first-order valence-electron chi connectivity index (χ1n) is 9.80. The van der Waals surface area contributed by atoms with Gasteiger partial charge in [0.1, 0.15) is 5.84 Å².